The Morgan fingerprint density at radius 2 is 1.66 bits per heavy atom. The van der Waals surface area contributed by atoms with E-state index in [1.807, 2.05) is 6.92 Å². The topological polar surface area (TPSA) is 107 Å². The van der Waals surface area contributed by atoms with Gasteiger partial charge in [0.25, 0.3) is 11.8 Å². The van der Waals surface area contributed by atoms with E-state index in [0.29, 0.717) is 39.9 Å². The maximum Gasteiger partial charge on any atom is 0.271 e. The van der Waals surface area contributed by atoms with Gasteiger partial charge in [0.1, 0.15) is 0 Å². The van der Waals surface area contributed by atoms with Crippen LogP contribution in [0.15, 0.2) is 59.7 Å². The molecule has 0 aliphatic heterocycles. The van der Waals surface area contributed by atoms with E-state index in [9.17, 15) is 9.59 Å². The van der Waals surface area contributed by atoms with Gasteiger partial charge in [0.05, 0.1) is 32.1 Å². The van der Waals surface area contributed by atoms with E-state index < -0.39 is 5.91 Å². The molecule has 0 fully saturated rings. The molecule has 0 radical (unpaired) electrons. The first-order valence-electron chi connectivity index (χ1n) is 11.5. The van der Waals surface area contributed by atoms with Gasteiger partial charge in [-0.2, -0.15) is 5.10 Å². The number of nitrogens with one attached hydrogen (secondary N) is 2. The molecule has 0 heterocycles. The number of hydrogen-bond donors (Lipinski definition) is 2. The van der Waals surface area contributed by atoms with Crippen LogP contribution in [0.25, 0.3) is 0 Å². The van der Waals surface area contributed by atoms with Crippen LogP contribution in [0.3, 0.4) is 0 Å². The van der Waals surface area contributed by atoms with E-state index in [4.69, 9.17) is 42.1 Å². The molecule has 0 bridgehead atoms. The predicted molar refractivity (Wildman–Crippen MR) is 147 cm³/mol. The lowest BCUT2D eigenvalue weighted by Crippen LogP contribution is -2.20. The molecule has 9 nitrogen and oxygen atoms in total. The monoisotopic (exact) mass is 559 g/mol. The van der Waals surface area contributed by atoms with Crippen LogP contribution < -0.4 is 29.7 Å². The van der Waals surface area contributed by atoms with Crippen molar-refractivity contribution in [1.29, 1.82) is 0 Å². The Balaban J connectivity index is 1.62. The number of carbonyl (C=O) groups excluding carboxylic acids is 2. The first-order chi connectivity index (χ1) is 18.3. The summed E-state index contributed by atoms with van der Waals surface area (Å²) in [7, 11) is 2.95. The quantitative estimate of drug-likeness (QED) is 0.221. The van der Waals surface area contributed by atoms with E-state index in [1.165, 1.54) is 20.4 Å². The number of nitrogens with zero attached hydrogens (tertiary/aromatic N) is 1. The Labute approximate surface area is 230 Å². The molecule has 0 unspecified atom stereocenters. The molecule has 3 aromatic carbocycles. The van der Waals surface area contributed by atoms with Crippen LogP contribution >= 0.6 is 23.2 Å². The molecule has 2 amide bonds. The van der Waals surface area contributed by atoms with Crippen molar-refractivity contribution in [2.45, 2.75) is 13.3 Å². The summed E-state index contributed by atoms with van der Waals surface area (Å²) < 4.78 is 21.9. The van der Waals surface area contributed by atoms with Gasteiger partial charge in [-0.3, -0.25) is 9.59 Å². The van der Waals surface area contributed by atoms with Crippen molar-refractivity contribution >= 4 is 46.9 Å². The van der Waals surface area contributed by atoms with E-state index in [-0.39, 0.29) is 29.0 Å². The van der Waals surface area contributed by atoms with Gasteiger partial charge in [-0.15, -0.1) is 0 Å². The van der Waals surface area contributed by atoms with Crippen LogP contribution in [0.2, 0.25) is 10.0 Å². The number of anilines is 1. The smallest absolute Gasteiger partial charge is 0.271 e. The zero-order chi connectivity index (χ0) is 27.5. The molecule has 0 aliphatic rings. The van der Waals surface area contributed by atoms with Crippen molar-refractivity contribution in [3.63, 3.8) is 0 Å². The molecule has 38 heavy (non-hydrogen) atoms. The molecular weight excluding hydrogens is 533 g/mol. The molecule has 3 rings (SSSR count). The SMILES string of the molecule is CCCOc1ccc(C(=O)N/N=C/c2cc(Cl)c(OCC(=O)Nc3ccc(Cl)cc3)c(OC)c2)cc1OC. The summed E-state index contributed by atoms with van der Waals surface area (Å²) in [6.45, 7) is 2.24. The predicted octanol–water partition coefficient (Wildman–Crippen LogP) is 5.58. The molecule has 200 valence electrons. The minimum atomic E-state index is -0.439. The van der Waals surface area contributed by atoms with Crippen molar-refractivity contribution in [1.82, 2.24) is 5.43 Å². The number of hydrogen-bond acceptors (Lipinski definition) is 7. The maximum absolute atomic E-state index is 12.5. The van der Waals surface area contributed by atoms with Crippen molar-refractivity contribution in [3.8, 4) is 23.0 Å². The Hall–Kier alpha value is -3.95. The Kier molecular flexibility index (Phi) is 10.6. The summed E-state index contributed by atoms with van der Waals surface area (Å²) in [6.07, 6.45) is 2.25. The molecule has 0 atom stereocenters. The lowest BCUT2D eigenvalue weighted by Gasteiger charge is -2.13. The molecule has 0 aromatic heterocycles. The minimum Gasteiger partial charge on any atom is -0.493 e. The zero-order valence-electron chi connectivity index (χ0n) is 21.0. The van der Waals surface area contributed by atoms with Crippen molar-refractivity contribution in [2.24, 2.45) is 5.10 Å². The highest BCUT2D eigenvalue weighted by Gasteiger charge is 2.14. The zero-order valence-corrected chi connectivity index (χ0v) is 22.6. The fourth-order valence-corrected chi connectivity index (χ4v) is 3.59. The van der Waals surface area contributed by atoms with Gasteiger partial charge in [0, 0.05) is 16.3 Å². The first kappa shape index (κ1) is 28.6. The van der Waals surface area contributed by atoms with Crippen molar-refractivity contribution < 1.29 is 28.5 Å². The van der Waals surface area contributed by atoms with Crippen LogP contribution in [0.5, 0.6) is 23.0 Å². The second kappa shape index (κ2) is 14.1. The Bertz CT molecular complexity index is 1300. The van der Waals surface area contributed by atoms with E-state index >= 15 is 0 Å². The summed E-state index contributed by atoms with van der Waals surface area (Å²) in [6, 6.07) is 14.7. The summed E-state index contributed by atoms with van der Waals surface area (Å²) in [5.74, 6) is 0.660. The van der Waals surface area contributed by atoms with Gasteiger partial charge >= 0.3 is 0 Å². The third-order valence-electron chi connectivity index (χ3n) is 4.99. The van der Waals surface area contributed by atoms with Gasteiger partial charge in [-0.1, -0.05) is 30.1 Å². The molecule has 2 N–H and O–H groups in total. The van der Waals surface area contributed by atoms with E-state index in [1.54, 1.807) is 54.6 Å². The van der Waals surface area contributed by atoms with Gasteiger partial charge < -0.3 is 24.3 Å². The number of benzene rings is 3. The average molecular weight is 560 g/mol. The molecule has 0 saturated heterocycles. The summed E-state index contributed by atoms with van der Waals surface area (Å²) in [5.41, 5.74) is 3.91. The third-order valence-corrected chi connectivity index (χ3v) is 5.53. The highest BCUT2D eigenvalue weighted by molar-refractivity contribution is 6.32. The summed E-state index contributed by atoms with van der Waals surface area (Å²) in [4.78, 5) is 24.8. The number of rotatable bonds is 12. The van der Waals surface area contributed by atoms with Crippen LogP contribution in [-0.2, 0) is 4.79 Å². The number of amides is 2. The highest BCUT2D eigenvalue weighted by atomic mass is 35.5. The standard InChI is InChI=1S/C27H27Cl2N3O6/c1-4-11-37-22-10-5-18(14-23(22)35-2)27(34)32-30-15-17-12-21(29)26(24(13-17)36-3)38-16-25(33)31-20-8-6-19(28)7-9-20/h5-10,12-15H,4,11,16H2,1-3H3,(H,31,33)(H,32,34)/b30-15+. The number of methoxy groups -OCH3 is 2. The maximum atomic E-state index is 12.5. The van der Waals surface area contributed by atoms with Crippen molar-refractivity contribution in [3.05, 3.63) is 75.8 Å². The van der Waals surface area contributed by atoms with Crippen LogP contribution in [0.1, 0.15) is 29.3 Å². The second-order valence-corrected chi connectivity index (χ2v) is 8.63. The van der Waals surface area contributed by atoms with Gasteiger partial charge in [-0.25, -0.2) is 5.43 Å². The van der Waals surface area contributed by atoms with Gasteiger partial charge in [-0.05, 0) is 66.6 Å². The molecule has 3 aromatic rings. The third kappa shape index (κ3) is 8.03. The first-order valence-corrected chi connectivity index (χ1v) is 12.3. The second-order valence-electron chi connectivity index (χ2n) is 7.79. The molecular formula is C27H27Cl2N3O6. The Morgan fingerprint density at radius 1 is 0.921 bits per heavy atom. The fourth-order valence-electron chi connectivity index (χ4n) is 3.19. The van der Waals surface area contributed by atoms with E-state index in [0.717, 1.165) is 6.42 Å². The van der Waals surface area contributed by atoms with Gasteiger partial charge in [0.2, 0.25) is 0 Å². The number of hydrazone groups is 1. The molecule has 11 heteroatoms. The van der Waals surface area contributed by atoms with Crippen LogP contribution in [0, 0.1) is 0 Å². The number of ether oxygens (including phenoxy) is 4. The Morgan fingerprint density at radius 3 is 2.34 bits per heavy atom. The van der Waals surface area contributed by atoms with Crippen LogP contribution in [-0.4, -0.2) is 45.5 Å². The minimum absolute atomic E-state index is 0.194. The molecule has 0 saturated carbocycles. The number of halogens is 2. The van der Waals surface area contributed by atoms with Crippen LogP contribution in [0.4, 0.5) is 5.69 Å². The number of carbonyl (C=O) groups is 2. The molecule has 0 spiro atoms. The summed E-state index contributed by atoms with van der Waals surface area (Å²) >= 11 is 12.2. The lowest BCUT2D eigenvalue weighted by molar-refractivity contribution is -0.118. The largest absolute Gasteiger partial charge is 0.493 e. The molecule has 0 aliphatic carbocycles. The van der Waals surface area contributed by atoms with E-state index in [2.05, 4.69) is 15.8 Å². The van der Waals surface area contributed by atoms with Gasteiger partial charge in [0.15, 0.2) is 29.6 Å². The summed E-state index contributed by atoms with van der Waals surface area (Å²) in [5, 5.41) is 7.45. The highest BCUT2D eigenvalue weighted by Crippen LogP contribution is 2.36. The fraction of sp³-hybridized carbons (Fsp3) is 0.222. The van der Waals surface area contributed by atoms with Crippen molar-refractivity contribution in [2.75, 3.05) is 32.8 Å². The normalized spacial score (nSPS) is 10.7. The average Bonchev–Trinajstić information content (AvgIpc) is 2.92. The lowest BCUT2D eigenvalue weighted by atomic mass is 10.2.